The molecule has 2 N–H and O–H groups in total. The molecule has 0 unspecified atom stereocenters. The maximum absolute atomic E-state index is 12.4. The molecule has 1 heterocycles. The molecular formula is C18H22N4O3S. The van der Waals surface area contributed by atoms with Crippen LogP contribution in [-0.2, 0) is 16.6 Å². The summed E-state index contributed by atoms with van der Waals surface area (Å²) in [7, 11) is -2.00. The molecule has 2 aromatic carbocycles. The third-order valence-electron chi connectivity index (χ3n) is 4.03. The molecule has 2 aromatic rings. The Morgan fingerprint density at radius 3 is 2.42 bits per heavy atom. The summed E-state index contributed by atoms with van der Waals surface area (Å²) >= 11 is 0. The summed E-state index contributed by atoms with van der Waals surface area (Å²) in [6.07, 6.45) is 0. The highest BCUT2D eigenvalue weighted by atomic mass is 32.2. The van der Waals surface area contributed by atoms with Gasteiger partial charge in [-0.25, -0.2) is 18.1 Å². The molecule has 26 heavy (non-hydrogen) atoms. The van der Waals surface area contributed by atoms with Crippen molar-refractivity contribution in [3.05, 3.63) is 59.7 Å². The minimum absolute atomic E-state index is 0.216. The van der Waals surface area contributed by atoms with Crippen LogP contribution in [0, 0.1) is 6.92 Å². The van der Waals surface area contributed by atoms with E-state index >= 15 is 0 Å². The van der Waals surface area contributed by atoms with E-state index in [4.69, 9.17) is 4.74 Å². The number of methoxy groups -OCH3 is 1. The van der Waals surface area contributed by atoms with Gasteiger partial charge in [-0.3, -0.25) is 4.90 Å². The third-order valence-corrected chi connectivity index (χ3v) is 5.38. The van der Waals surface area contributed by atoms with Crippen LogP contribution >= 0.6 is 0 Å². The molecule has 0 saturated carbocycles. The summed E-state index contributed by atoms with van der Waals surface area (Å²) in [4.78, 5) is 6.56. The molecule has 0 fully saturated rings. The third kappa shape index (κ3) is 4.53. The predicted octanol–water partition coefficient (Wildman–Crippen LogP) is 1.66. The van der Waals surface area contributed by atoms with E-state index in [0.717, 1.165) is 16.9 Å². The van der Waals surface area contributed by atoms with E-state index in [1.165, 1.54) is 0 Å². The topological polar surface area (TPSA) is 83.0 Å². The molecule has 1 aliphatic heterocycles. The second kappa shape index (κ2) is 7.76. The molecule has 7 nitrogen and oxygen atoms in total. The van der Waals surface area contributed by atoms with Crippen LogP contribution in [0.3, 0.4) is 0 Å². The largest absolute Gasteiger partial charge is 0.497 e. The van der Waals surface area contributed by atoms with Crippen molar-refractivity contribution in [1.29, 1.82) is 0 Å². The SMILES string of the molecule is COc1ccc(CN2CN=C(NS(=O)(=O)c3ccc(C)cc3)NC2)cc1. The minimum atomic E-state index is -3.64. The number of rotatable bonds is 5. The van der Waals surface area contributed by atoms with Gasteiger partial charge >= 0.3 is 0 Å². The lowest BCUT2D eigenvalue weighted by Gasteiger charge is -2.27. The highest BCUT2D eigenvalue weighted by molar-refractivity contribution is 7.90. The summed E-state index contributed by atoms with van der Waals surface area (Å²) in [5, 5.41) is 3.01. The zero-order valence-corrected chi connectivity index (χ0v) is 15.6. The van der Waals surface area contributed by atoms with E-state index in [2.05, 4.69) is 19.9 Å². The zero-order chi connectivity index (χ0) is 18.6. The molecule has 0 aliphatic carbocycles. The summed E-state index contributed by atoms with van der Waals surface area (Å²) in [6.45, 7) is 3.53. The summed E-state index contributed by atoms with van der Waals surface area (Å²) < 4.78 is 32.4. The summed E-state index contributed by atoms with van der Waals surface area (Å²) in [6, 6.07) is 14.5. The maximum Gasteiger partial charge on any atom is 0.264 e. The van der Waals surface area contributed by atoms with Gasteiger partial charge in [0.15, 0.2) is 0 Å². The lowest BCUT2D eigenvalue weighted by Crippen LogP contribution is -2.49. The van der Waals surface area contributed by atoms with Gasteiger partial charge in [-0.2, -0.15) is 0 Å². The second-order valence-corrected chi connectivity index (χ2v) is 7.76. The van der Waals surface area contributed by atoms with Gasteiger partial charge in [0, 0.05) is 6.54 Å². The molecule has 0 aromatic heterocycles. The van der Waals surface area contributed by atoms with E-state index < -0.39 is 10.0 Å². The number of hydrogen-bond acceptors (Lipinski definition) is 6. The Bertz CT molecular complexity index is 878. The number of nitrogens with zero attached hydrogens (tertiary/aromatic N) is 2. The van der Waals surface area contributed by atoms with Gasteiger partial charge in [0.2, 0.25) is 5.96 Å². The van der Waals surface area contributed by atoms with Crippen molar-refractivity contribution in [3.8, 4) is 5.75 Å². The first-order chi connectivity index (χ1) is 12.5. The molecule has 0 bridgehead atoms. The Hall–Kier alpha value is -2.58. The number of sulfonamides is 1. The molecular weight excluding hydrogens is 352 g/mol. The van der Waals surface area contributed by atoms with E-state index in [0.29, 0.717) is 19.9 Å². The minimum Gasteiger partial charge on any atom is -0.497 e. The van der Waals surface area contributed by atoms with Crippen molar-refractivity contribution in [3.63, 3.8) is 0 Å². The van der Waals surface area contributed by atoms with Crippen molar-refractivity contribution in [1.82, 2.24) is 14.9 Å². The Morgan fingerprint density at radius 1 is 1.15 bits per heavy atom. The van der Waals surface area contributed by atoms with Gasteiger partial charge in [0.05, 0.1) is 25.3 Å². The van der Waals surface area contributed by atoms with Gasteiger partial charge in [-0.15, -0.1) is 0 Å². The molecule has 1 aliphatic rings. The van der Waals surface area contributed by atoms with Crippen LogP contribution in [0.2, 0.25) is 0 Å². The monoisotopic (exact) mass is 374 g/mol. The fourth-order valence-corrected chi connectivity index (χ4v) is 3.53. The number of guanidine groups is 1. The van der Waals surface area contributed by atoms with Crippen molar-refractivity contribution < 1.29 is 13.2 Å². The van der Waals surface area contributed by atoms with Crippen LogP contribution < -0.4 is 14.8 Å². The number of ether oxygens (including phenoxy) is 1. The first-order valence-electron chi connectivity index (χ1n) is 8.19. The molecule has 0 saturated heterocycles. The van der Waals surface area contributed by atoms with Crippen molar-refractivity contribution in [2.24, 2.45) is 4.99 Å². The van der Waals surface area contributed by atoms with Crippen LogP contribution in [0.4, 0.5) is 0 Å². The second-order valence-electron chi connectivity index (χ2n) is 6.08. The van der Waals surface area contributed by atoms with Crippen molar-refractivity contribution >= 4 is 16.0 Å². The highest BCUT2D eigenvalue weighted by Crippen LogP contribution is 2.14. The highest BCUT2D eigenvalue weighted by Gasteiger charge is 2.19. The van der Waals surface area contributed by atoms with Crippen LogP contribution in [0.15, 0.2) is 58.4 Å². The summed E-state index contributed by atoms with van der Waals surface area (Å²) in [5.41, 5.74) is 2.14. The first-order valence-corrected chi connectivity index (χ1v) is 9.68. The van der Waals surface area contributed by atoms with Gasteiger partial charge in [0.25, 0.3) is 10.0 Å². The molecule has 0 spiro atoms. The lowest BCUT2D eigenvalue weighted by atomic mass is 10.2. The maximum atomic E-state index is 12.4. The predicted molar refractivity (Wildman–Crippen MR) is 100 cm³/mol. The van der Waals surface area contributed by atoms with Crippen LogP contribution in [0.5, 0.6) is 5.75 Å². The average Bonchev–Trinajstić information content (AvgIpc) is 2.64. The standard InChI is InChI=1S/C18H22N4O3S/c1-14-3-9-17(10-4-14)26(23,24)21-18-19-12-22(13-20-18)11-15-5-7-16(25-2)8-6-15/h3-10H,11-13H2,1-2H3,(H2,19,20,21). The van der Waals surface area contributed by atoms with Crippen LogP contribution in [0.1, 0.15) is 11.1 Å². The number of hydrogen-bond donors (Lipinski definition) is 2. The Balaban J connectivity index is 1.59. The normalized spacial score (nSPS) is 15.1. The summed E-state index contributed by atoms with van der Waals surface area (Å²) in [5.74, 6) is 1.08. The fraction of sp³-hybridized carbons (Fsp3) is 0.278. The quantitative estimate of drug-likeness (QED) is 0.832. The molecule has 8 heteroatoms. The van der Waals surface area contributed by atoms with Gasteiger partial charge < -0.3 is 10.1 Å². The average molecular weight is 374 g/mol. The van der Waals surface area contributed by atoms with E-state index in [1.54, 1.807) is 31.4 Å². The van der Waals surface area contributed by atoms with Gasteiger partial charge in [-0.05, 0) is 36.8 Å². The van der Waals surface area contributed by atoms with Crippen molar-refractivity contribution in [2.75, 3.05) is 20.4 Å². The van der Waals surface area contributed by atoms with Crippen LogP contribution in [-0.4, -0.2) is 39.7 Å². The molecule has 3 rings (SSSR count). The van der Waals surface area contributed by atoms with E-state index in [1.807, 2.05) is 31.2 Å². The number of aryl methyl sites for hydroxylation is 1. The Kier molecular flexibility index (Phi) is 5.43. The fourth-order valence-electron chi connectivity index (χ4n) is 2.53. The number of aliphatic imine (C=N–C) groups is 1. The van der Waals surface area contributed by atoms with Crippen LogP contribution in [0.25, 0.3) is 0 Å². The number of nitrogens with one attached hydrogen (secondary N) is 2. The number of benzene rings is 2. The van der Waals surface area contributed by atoms with Crippen molar-refractivity contribution in [2.45, 2.75) is 18.4 Å². The molecule has 0 amide bonds. The molecule has 138 valence electrons. The van der Waals surface area contributed by atoms with Gasteiger partial charge in [0.1, 0.15) is 5.75 Å². The Labute approximate surface area is 153 Å². The smallest absolute Gasteiger partial charge is 0.264 e. The first kappa shape index (κ1) is 18.2. The zero-order valence-electron chi connectivity index (χ0n) is 14.8. The molecule has 0 atom stereocenters. The van der Waals surface area contributed by atoms with Gasteiger partial charge in [-0.1, -0.05) is 29.8 Å². The molecule has 0 radical (unpaired) electrons. The lowest BCUT2D eigenvalue weighted by molar-refractivity contribution is 0.255. The van der Waals surface area contributed by atoms with E-state index in [9.17, 15) is 8.42 Å². The van der Waals surface area contributed by atoms with E-state index in [-0.39, 0.29) is 10.9 Å². The Morgan fingerprint density at radius 2 is 1.85 bits per heavy atom.